The first-order valence-electron chi connectivity index (χ1n) is 12.9. The van der Waals surface area contributed by atoms with E-state index in [-0.39, 0.29) is 6.09 Å². The number of aliphatic imine (C=N–C) groups is 1. The van der Waals surface area contributed by atoms with Gasteiger partial charge in [-0.3, -0.25) is 4.99 Å². The molecular weight excluding hydrogens is 412 g/mol. The zero-order valence-corrected chi connectivity index (χ0v) is 21.6. The number of likely N-dealkylation sites (tertiary alicyclic amines) is 1. The monoisotopic (exact) mass is 460 g/mol. The highest BCUT2D eigenvalue weighted by Gasteiger charge is 2.32. The summed E-state index contributed by atoms with van der Waals surface area (Å²) in [6.07, 6.45) is 17.1. The molecule has 2 N–H and O–H groups in total. The number of carbonyl (C=O) groups excluding carboxylic acids is 1. The van der Waals surface area contributed by atoms with Crippen molar-refractivity contribution in [2.45, 2.75) is 97.1 Å². The Hall–Kier alpha value is -1.66. The first kappa shape index (κ1) is 27.6. The molecule has 1 aliphatic carbocycles. The smallest absolute Gasteiger partial charge is 0.407 e. The van der Waals surface area contributed by atoms with Gasteiger partial charge >= 0.3 is 6.09 Å². The fourth-order valence-corrected chi connectivity index (χ4v) is 5.09. The average molecular weight is 461 g/mol. The van der Waals surface area contributed by atoms with Crippen molar-refractivity contribution in [3.8, 4) is 0 Å². The van der Waals surface area contributed by atoms with Gasteiger partial charge in [-0.05, 0) is 104 Å². The van der Waals surface area contributed by atoms with Crippen LogP contribution in [0.25, 0.3) is 0 Å². The molecule has 1 saturated heterocycles. The topological polar surface area (TPSA) is 66.0 Å². The summed E-state index contributed by atoms with van der Waals surface area (Å²) >= 11 is 0. The zero-order valence-electron chi connectivity index (χ0n) is 21.6. The maximum absolute atomic E-state index is 12.0. The molecule has 1 heterocycles. The predicted octanol–water partition coefficient (Wildman–Crippen LogP) is 5.46. The normalized spacial score (nSPS) is 20.7. The van der Waals surface area contributed by atoms with Gasteiger partial charge in [-0.2, -0.15) is 0 Å². The van der Waals surface area contributed by atoms with Crippen LogP contribution in [-0.2, 0) is 4.74 Å². The summed E-state index contributed by atoms with van der Waals surface area (Å²) in [6, 6.07) is 0.606. The van der Waals surface area contributed by atoms with Crippen molar-refractivity contribution in [3.63, 3.8) is 0 Å². The van der Waals surface area contributed by atoms with Crippen molar-refractivity contribution >= 4 is 12.8 Å². The van der Waals surface area contributed by atoms with Crippen molar-refractivity contribution in [3.05, 3.63) is 23.9 Å². The Bertz CT molecular complexity index is 652. The Balaban J connectivity index is 1.70. The van der Waals surface area contributed by atoms with Gasteiger partial charge in [0.15, 0.2) is 0 Å². The lowest BCUT2D eigenvalue weighted by atomic mass is 9.69. The Morgan fingerprint density at radius 2 is 1.88 bits per heavy atom. The summed E-state index contributed by atoms with van der Waals surface area (Å²) in [6.45, 7) is 16.4. The lowest BCUT2D eigenvalue weighted by Gasteiger charge is -2.40. The molecule has 0 aromatic carbocycles. The molecule has 0 unspecified atom stereocenters. The minimum absolute atomic E-state index is 0.290. The van der Waals surface area contributed by atoms with Crippen LogP contribution < -0.4 is 10.6 Å². The molecule has 2 fully saturated rings. The van der Waals surface area contributed by atoms with E-state index in [4.69, 9.17) is 4.74 Å². The maximum Gasteiger partial charge on any atom is 0.407 e. The van der Waals surface area contributed by atoms with E-state index in [9.17, 15) is 4.79 Å². The lowest BCUT2D eigenvalue weighted by Crippen LogP contribution is -2.44. The van der Waals surface area contributed by atoms with E-state index in [1.54, 1.807) is 6.20 Å². The summed E-state index contributed by atoms with van der Waals surface area (Å²) in [4.78, 5) is 18.5. The first-order valence-corrected chi connectivity index (χ1v) is 12.9. The van der Waals surface area contributed by atoms with Crippen LogP contribution in [0.4, 0.5) is 4.79 Å². The Labute approximate surface area is 202 Å². The zero-order chi connectivity index (χ0) is 24.2. The third-order valence-corrected chi connectivity index (χ3v) is 6.98. The van der Waals surface area contributed by atoms with Crippen LogP contribution in [0.5, 0.6) is 0 Å². The van der Waals surface area contributed by atoms with Gasteiger partial charge in [0.2, 0.25) is 0 Å². The number of allylic oxidation sites excluding steroid dienone is 2. The Kier molecular flexibility index (Phi) is 11.6. The molecule has 0 atom stereocenters. The molecule has 1 saturated carbocycles. The summed E-state index contributed by atoms with van der Waals surface area (Å²) < 4.78 is 5.40. The number of alkyl carbamates (subject to hydrolysis) is 1. The van der Waals surface area contributed by atoms with Crippen molar-refractivity contribution in [1.29, 1.82) is 0 Å². The molecule has 1 aliphatic heterocycles. The summed E-state index contributed by atoms with van der Waals surface area (Å²) in [5.74, 6) is 0. The van der Waals surface area contributed by atoms with Crippen molar-refractivity contribution < 1.29 is 9.53 Å². The molecule has 188 valence electrons. The largest absolute Gasteiger partial charge is 0.444 e. The van der Waals surface area contributed by atoms with E-state index in [0.29, 0.717) is 18.0 Å². The number of amides is 1. The fraction of sp³-hybridized carbons (Fsp3) is 0.778. The van der Waals surface area contributed by atoms with Gasteiger partial charge in [-0.1, -0.05) is 31.4 Å². The van der Waals surface area contributed by atoms with Gasteiger partial charge < -0.3 is 20.3 Å². The highest BCUT2D eigenvalue weighted by atomic mass is 16.6. The SMILES string of the molecule is C=N/C=C(C)\C=C/CNC1CCN(CCC2(CCNC(=O)OC(C)(C)C)CCCCC2)CC1. The highest BCUT2D eigenvalue weighted by Crippen LogP contribution is 2.42. The standard InChI is InChI=1S/C27H48N4O2/c1-23(22-28-5)10-9-17-29-24-11-19-31(20-12-24)21-16-27(13-7-6-8-14-27)15-18-30-25(32)33-26(2,3)4/h9-10,22,24,29H,5-8,11-21H2,1-4H3,(H,30,32)/b10-9-,23-22-. The number of rotatable bonds is 11. The molecule has 1 amide bonds. The predicted molar refractivity (Wildman–Crippen MR) is 139 cm³/mol. The molecule has 6 heteroatoms. The van der Waals surface area contributed by atoms with E-state index >= 15 is 0 Å². The molecule has 0 bridgehead atoms. The number of ether oxygens (including phenoxy) is 1. The lowest BCUT2D eigenvalue weighted by molar-refractivity contribution is 0.0508. The molecule has 0 radical (unpaired) electrons. The second-order valence-electron chi connectivity index (χ2n) is 11.0. The van der Waals surface area contributed by atoms with Crippen LogP contribution >= 0.6 is 0 Å². The van der Waals surface area contributed by atoms with Crippen molar-refractivity contribution in [2.75, 3.05) is 32.7 Å². The number of carbonyl (C=O) groups is 1. The van der Waals surface area contributed by atoms with Crippen LogP contribution in [0.1, 0.15) is 85.5 Å². The Morgan fingerprint density at radius 1 is 1.18 bits per heavy atom. The molecule has 0 aromatic rings. The summed E-state index contributed by atoms with van der Waals surface area (Å²) in [5.41, 5.74) is 1.06. The first-order chi connectivity index (χ1) is 15.7. The van der Waals surface area contributed by atoms with Crippen LogP contribution in [0, 0.1) is 5.41 Å². The van der Waals surface area contributed by atoms with E-state index in [2.05, 4.69) is 39.4 Å². The number of piperidine rings is 1. The van der Waals surface area contributed by atoms with Gasteiger partial charge in [0.25, 0.3) is 0 Å². The van der Waals surface area contributed by atoms with Gasteiger partial charge in [0.1, 0.15) is 5.60 Å². The van der Waals surface area contributed by atoms with E-state index < -0.39 is 5.60 Å². The van der Waals surface area contributed by atoms with Crippen LogP contribution in [0.2, 0.25) is 0 Å². The molecule has 2 rings (SSSR count). The molecular formula is C27H48N4O2. The minimum atomic E-state index is -0.442. The molecule has 0 aromatic heterocycles. The molecule has 0 spiro atoms. The quantitative estimate of drug-likeness (QED) is 0.317. The molecule has 33 heavy (non-hydrogen) atoms. The number of hydrogen-bond acceptors (Lipinski definition) is 5. The van der Waals surface area contributed by atoms with Gasteiger partial charge in [0, 0.05) is 25.3 Å². The maximum atomic E-state index is 12.0. The number of nitrogens with zero attached hydrogens (tertiary/aromatic N) is 2. The fourth-order valence-electron chi connectivity index (χ4n) is 5.09. The summed E-state index contributed by atoms with van der Waals surface area (Å²) in [7, 11) is 0. The minimum Gasteiger partial charge on any atom is -0.444 e. The molecule has 2 aliphatic rings. The second kappa shape index (κ2) is 13.9. The highest BCUT2D eigenvalue weighted by molar-refractivity contribution is 5.67. The number of hydrogen-bond donors (Lipinski definition) is 2. The third-order valence-electron chi connectivity index (χ3n) is 6.98. The summed E-state index contributed by atoms with van der Waals surface area (Å²) in [5, 5.41) is 6.66. The van der Waals surface area contributed by atoms with Crippen LogP contribution in [0.15, 0.2) is 28.9 Å². The van der Waals surface area contributed by atoms with Crippen molar-refractivity contribution in [1.82, 2.24) is 15.5 Å². The third kappa shape index (κ3) is 11.3. The van der Waals surface area contributed by atoms with Gasteiger partial charge in [-0.15, -0.1) is 0 Å². The molecule has 6 nitrogen and oxygen atoms in total. The van der Waals surface area contributed by atoms with Crippen molar-refractivity contribution in [2.24, 2.45) is 10.4 Å². The van der Waals surface area contributed by atoms with E-state index in [1.807, 2.05) is 27.7 Å². The van der Waals surface area contributed by atoms with Gasteiger partial charge in [-0.25, -0.2) is 4.79 Å². The van der Waals surface area contributed by atoms with Gasteiger partial charge in [0.05, 0.1) is 0 Å². The second-order valence-corrected chi connectivity index (χ2v) is 11.0. The van der Waals surface area contributed by atoms with Crippen LogP contribution in [0.3, 0.4) is 0 Å². The average Bonchev–Trinajstić information content (AvgIpc) is 2.76. The number of nitrogens with one attached hydrogen (secondary N) is 2. The van der Waals surface area contributed by atoms with Crippen LogP contribution in [-0.4, -0.2) is 62.1 Å². The van der Waals surface area contributed by atoms with E-state index in [0.717, 1.165) is 18.5 Å². The Morgan fingerprint density at radius 3 is 2.52 bits per heavy atom. The van der Waals surface area contributed by atoms with E-state index in [1.165, 1.54) is 71.0 Å².